The average molecular weight is 357 g/mol. The number of aliphatic hydroxyl groups is 2. The summed E-state index contributed by atoms with van der Waals surface area (Å²) in [6.45, 7) is 4.84. The molecule has 5 rings (SSSR count). The minimum absolute atomic E-state index is 0.110. The molecule has 1 saturated carbocycles. The molecule has 26 heavy (non-hydrogen) atoms. The fourth-order valence-corrected chi connectivity index (χ4v) is 6.41. The highest BCUT2D eigenvalue weighted by atomic mass is 16.5. The van der Waals surface area contributed by atoms with Gasteiger partial charge < -0.3 is 24.6 Å². The van der Waals surface area contributed by atoms with Crippen molar-refractivity contribution in [2.75, 3.05) is 27.3 Å². The van der Waals surface area contributed by atoms with Crippen molar-refractivity contribution in [3.8, 4) is 11.5 Å². The van der Waals surface area contributed by atoms with Gasteiger partial charge in [0.05, 0.1) is 13.7 Å². The Kier molecular flexibility index (Phi) is 3.35. The van der Waals surface area contributed by atoms with Gasteiger partial charge in [0.1, 0.15) is 12.2 Å². The number of benzene rings is 1. The second kappa shape index (κ2) is 5.24. The Balaban J connectivity index is 1.78. The number of likely N-dealkylation sites (tertiary alicyclic amines) is 1. The summed E-state index contributed by atoms with van der Waals surface area (Å²) in [6, 6.07) is 4.54. The molecule has 0 amide bonds. The van der Waals surface area contributed by atoms with Gasteiger partial charge in [-0.05, 0) is 50.4 Å². The third kappa shape index (κ3) is 1.68. The number of nitrogens with zero attached hydrogens (tertiary/aromatic N) is 1. The Labute approximate surface area is 154 Å². The van der Waals surface area contributed by atoms with E-state index in [1.54, 1.807) is 13.2 Å². The van der Waals surface area contributed by atoms with E-state index in [9.17, 15) is 10.2 Å². The second-order valence-corrected chi connectivity index (χ2v) is 8.56. The van der Waals surface area contributed by atoms with Gasteiger partial charge in [0, 0.05) is 22.4 Å². The van der Waals surface area contributed by atoms with Crippen LogP contribution in [0.25, 0.3) is 0 Å². The molecular weight excluding hydrogens is 330 g/mol. The largest absolute Gasteiger partial charge is 0.493 e. The van der Waals surface area contributed by atoms with E-state index in [0.29, 0.717) is 12.0 Å². The van der Waals surface area contributed by atoms with E-state index in [2.05, 4.69) is 24.6 Å². The van der Waals surface area contributed by atoms with Crippen LogP contribution in [-0.4, -0.2) is 60.7 Å². The van der Waals surface area contributed by atoms with E-state index in [4.69, 9.17) is 9.47 Å². The quantitative estimate of drug-likeness (QED) is 0.803. The van der Waals surface area contributed by atoms with Crippen LogP contribution < -0.4 is 9.47 Å². The first-order valence-corrected chi connectivity index (χ1v) is 9.52. The fraction of sp³-hybridized carbons (Fsp3) is 0.619. The lowest BCUT2D eigenvalue weighted by molar-refractivity contribution is -0.159. The van der Waals surface area contributed by atoms with Crippen LogP contribution in [0.15, 0.2) is 24.8 Å². The third-order valence-electron chi connectivity index (χ3n) is 7.82. The molecule has 2 heterocycles. The van der Waals surface area contributed by atoms with Crippen molar-refractivity contribution in [2.45, 2.75) is 42.9 Å². The minimum Gasteiger partial charge on any atom is -0.493 e. The predicted octanol–water partition coefficient (Wildman–Crippen LogP) is 1.50. The molecule has 140 valence electrons. The smallest absolute Gasteiger partial charge is 0.165 e. The number of methoxy groups -OCH3 is 1. The Hall–Kier alpha value is -1.56. The number of piperidine rings is 1. The lowest BCUT2D eigenvalue weighted by Gasteiger charge is -2.62. The molecule has 5 heteroatoms. The molecule has 2 N–H and O–H groups in total. The van der Waals surface area contributed by atoms with Gasteiger partial charge in [-0.1, -0.05) is 12.1 Å². The first-order chi connectivity index (χ1) is 12.5. The molecule has 2 bridgehead atoms. The normalized spacial score (nSPS) is 42.8. The molecule has 6 atom stereocenters. The van der Waals surface area contributed by atoms with Crippen LogP contribution in [0.5, 0.6) is 11.5 Å². The number of hydrogen-bond donors (Lipinski definition) is 2. The number of rotatable bonds is 3. The first-order valence-electron chi connectivity index (χ1n) is 9.52. The average Bonchev–Trinajstić information content (AvgIpc) is 3.01. The van der Waals surface area contributed by atoms with Gasteiger partial charge in [0.15, 0.2) is 11.5 Å². The number of likely N-dealkylation sites (N-methyl/N-ethyl adjacent to an activating group) is 1. The van der Waals surface area contributed by atoms with Crippen molar-refractivity contribution in [1.29, 1.82) is 0 Å². The SMILES string of the molecule is C=C[C@]1(CO)CC2C3Cc4ccc(OC)c5c4C2(CCN3C)C(O5)[C@@H]1O. The van der Waals surface area contributed by atoms with E-state index in [0.717, 1.165) is 37.3 Å². The molecule has 0 radical (unpaired) electrons. The summed E-state index contributed by atoms with van der Waals surface area (Å²) in [4.78, 5) is 2.45. The highest BCUT2D eigenvalue weighted by molar-refractivity contribution is 5.61. The van der Waals surface area contributed by atoms with Crippen molar-refractivity contribution in [3.63, 3.8) is 0 Å². The predicted molar refractivity (Wildman–Crippen MR) is 97.7 cm³/mol. The highest BCUT2D eigenvalue weighted by Crippen LogP contribution is 2.66. The monoisotopic (exact) mass is 357 g/mol. The van der Waals surface area contributed by atoms with E-state index in [1.165, 1.54) is 11.1 Å². The molecule has 0 aromatic heterocycles. The van der Waals surface area contributed by atoms with Gasteiger partial charge in [-0.2, -0.15) is 0 Å². The molecular formula is C21H27NO4. The van der Waals surface area contributed by atoms with E-state index >= 15 is 0 Å². The lowest BCUT2D eigenvalue weighted by atomic mass is 9.47. The molecule has 1 saturated heterocycles. The molecule has 1 aromatic carbocycles. The van der Waals surface area contributed by atoms with Gasteiger partial charge in [0.2, 0.25) is 0 Å². The molecule has 1 aromatic rings. The molecule has 2 fully saturated rings. The van der Waals surface area contributed by atoms with Gasteiger partial charge in [-0.3, -0.25) is 0 Å². The molecule has 1 spiro atoms. The zero-order valence-electron chi connectivity index (χ0n) is 15.4. The third-order valence-corrected chi connectivity index (χ3v) is 7.82. The van der Waals surface area contributed by atoms with Crippen molar-refractivity contribution in [2.24, 2.45) is 11.3 Å². The van der Waals surface area contributed by atoms with Crippen molar-refractivity contribution < 1.29 is 19.7 Å². The molecule has 4 aliphatic rings. The summed E-state index contributed by atoms with van der Waals surface area (Å²) in [5, 5.41) is 21.5. The second-order valence-electron chi connectivity index (χ2n) is 8.56. The maximum absolute atomic E-state index is 11.3. The minimum atomic E-state index is -0.784. The number of aliphatic hydroxyl groups excluding tert-OH is 2. The van der Waals surface area contributed by atoms with Gasteiger partial charge in [-0.15, -0.1) is 6.58 Å². The van der Waals surface area contributed by atoms with Crippen molar-refractivity contribution in [1.82, 2.24) is 4.90 Å². The van der Waals surface area contributed by atoms with E-state index < -0.39 is 11.5 Å². The van der Waals surface area contributed by atoms with Gasteiger partial charge in [-0.25, -0.2) is 0 Å². The zero-order valence-corrected chi connectivity index (χ0v) is 15.4. The number of ether oxygens (including phenoxy) is 2. The molecule has 2 aliphatic carbocycles. The maximum atomic E-state index is 11.3. The maximum Gasteiger partial charge on any atom is 0.165 e. The number of hydrogen-bond acceptors (Lipinski definition) is 5. The Morgan fingerprint density at radius 2 is 2.27 bits per heavy atom. The van der Waals surface area contributed by atoms with Crippen LogP contribution in [-0.2, 0) is 11.8 Å². The van der Waals surface area contributed by atoms with Crippen LogP contribution in [0.1, 0.15) is 24.0 Å². The van der Waals surface area contributed by atoms with Gasteiger partial charge >= 0.3 is 0 Å². The van der Waals surface area contributed by atoms with Crippen LogP contribution in [0.3, 0.4) is 0 Å². The van der Waals surface area contributed by atoms with Crippen LogP contribution in [0.4, 0.5) is 0 Å². The van der Waals surface area contributed by atoms with E-state index in [-0.39, 0.29) is 18.1 Å². The standard InChI is InChI=1S/C21H27NO4/c1-4-20(11-23)10-13-14-9-12-5-6-15(25-3)17-16(12)21(13,7-8-22(14)2)19(26-17)18(20)24/h4-6,13-14,18-19,23-24H,1,7-11H2,2-3H3/t13?,14?,18-,19?,20+,21?/m0/s1. The lowest BCUT2D eigenvalue weighted by Crippen LogP contribution is -2.70. The first kappa shape index (κ1) is 16.6. The van der Waals surface area contributed by atoms with Crippen molar-refractivity contribution >= 4 is 0 Å². The summed E-state index contributed by atoms with van der Waals surface area (Å²) in [5.41, 5.74) is 1.65. The van der Waals surface area contributed by atoms with Crippen LogP contribution in [0.2, 0.25) is 0 Å². The van der Waals surface area contributed by atoms with Crippen LogP contribution in [0, 0.1) is 11.3 Å². The summed E-state index contributed by atoms with van der Waals surface area (Å²) in [7, 11) is 3.86. The fourth-order valence-electron chi connectivity index (χ4n) is 6.41. The Bertz CT molecular complexity index is 780. The summed E-state index contributed by atoms with van der Waals surface area (Å²) in [5.74, 6) is 1.87. The topological polar surface area (TPSA) is 62.2 Å². The highest BCUT2D eigenvalue weighted by Gasteiger charge is 2.69. The summed E-state index contributed by atoms with van der Waals surface area (Å²) in [6.07, 6.45) is 3.26. The van der Waals surface area contributed by atoms with Crippen molar-refractivity contribution in [3.05, 3.63) is 35.9 Å². The molecule has 2 aliphatic heterocycles. The summed E-state index contributed by atoms with van der Waals surface area (Å²) >= 11 is 0. The zero-order chi connectivity index (χ0) is 18.3. The Morgan fingerprint density at radius 3 is 2.96 bits per heavy atom. The van der Waals surface area contributed by atoms with Gasteiger partial charge in [0.25, 0.3) is 0 Å². The Morgan fingerprint density at radius 1 is 1.46 bits per heavy atom. The molecule has 5 nitrogen and oxygen atoms in total. The summed E-state index contributed by atoms with van der Waals surface area (Å²) < 4.78 is 12.0. The van der Waals surface area contributed by atoms with Crippen LogP contribution >= 0.6 is 0 Å². The molecule has 4 unspecified atom stereocenters. The van der Waals surface area contributed by atoms with E-state index in [1.807, 2.05) is 6.07 Å².